The number of carbonyl (C=O) groups is 2. The Hall–Kier alpha value is -4.31. The number of nitro benzene ring substituents is 1. The highest BCUT2D eigenvalue weighted by molar-refractivity contribution is 8.01. The van der Waals surface area contributed by atoms with Crippen molar-refractivity contribution in [2.75, 3.05) is 24.0 Å². The summed E-state index contributed by atoms with van der Waals surface area (Å²) in [5, 5.41) is 16.5. The summed E-state index contributed by atoms with van der Waals surface area (Å²) in [6.07, 6.45) is -9.42. The molecule has 0 saturated heterocycles. The Labute approximate surface area is 267 Å². The van der Waals surface area contributed by atoms with Crippen LogP contribution in [0.3, 0.4) is 0 Å². The van der Waals surface area contributed by atoms with Crippen molar-refractivity contribution in [1.29, 1.82) is 0 Å². The summed E-state index contributed by atoms with van der Waals surface area (Å²) in [5.41, 5.74) is -4.09. The van der Waals surface area contributed by atoms with Gasteiger partial charge in [0, 0.05) is 23.6 Å². The number of alkyl halides is 6. The second-order valence-electron chi connectivity index (χ2n) is 10.1. The van der Waals surface area contributed by atoms with Crippen LogP contribution in [-0.2, 0) is 26.7 Å². The molecule has 0 saturated carbocycles. The number of amides is 1. The van der Waals surface area contributed by atoms with Gasteiger partial charge in [-0.3, -0.25) is 24.7 Å². The second-order valence-corrected chi connectivity index (χ2v) is 11.5. The van der Waals surface area contributed by atoms with E-state index in [9.17, 15) is 46.0 Å². The number of rotatable bonds is 9. The van der Waals surface area contributed by atoms with Gasteiger partial charge in [-0.15, -0.1) is 0 Å². The number of hydrogen-bond donors (Lipinski definition) is 0. The average Bonchev–Trinajstić information content (AvgIpc) is 3.31. The minimum atomic E-state index is -4.75. The summed E-state index contributed by atoms with van der Waals surface area (Å²) < 4.78 is 85.8. The molecule has 17 heteroatoms. The van der Waals surface area contributed by atoms with Gasteiger partial charge >= 0.3 is 18.3 Å². The molecule has 0 aliphatic carbocycles. The Morgan fingerprint density at radius 2 is 1.72 bits per heavy atom. The lowest BCUT2D eigenvalue weighted by Crippen LogP contribution is -2.42. The standard InChI is InChI=1S/C29H23ClF6N4O5S/c1-3-45-26(42)27(2)16-38(37-25(27)17-8-13-20(21(30)14-17)29(34,35)36)15-24(41)39(19-11-9-18(10-12-19)28(31,32)33)46-23-7-5-4-6-22(23)40(43)44/h4-14H,3,15-16H2,1-2H3. The maximum absolute atomic E-state index is 13.8. The topological polar surface area (TPSA) is 105 Å². The fraction of sp³-hybridized carbons (Fsp3) is 0.276. The maximum Gasteiger partial charge on any atom is 0.417 e. The third-order valence-corrected chi connectivity index (χ3v) is 8.21. The van der Waals surface area contributed by atoms with Gasteiger partial charge in [-0.25, -0.2) is 4.31 Å². The van der Waals surface area contributed by atoms with E-state index in [0.717, 1.165) is 51.8 Å². The predicted molar refractivity (Wildman–Crippen MR) is 157 cm³/mol. The van der Waals surface area contributed by atoms with Crippen molar-refractivity contribution in [3.8, 4) is 0 Å². The van der Waals surface area contributed by atoms with Gasteiger partial charge in [-0.1, -0.05) is 29.8 Å². The number of carbonyl (C=O) groups excluding carboxylic acids is 2. The van der Waals surface area contributed by atoms with Gasteiger partial charge < -0.3 is 4.74 Å². The van der Waals surface area contributed by atoms with Crippen LogP contribution in [-0.4, -0.2) is 47.2 Å². The Kier molecular flexibility index (Phi) is 9.92. The van der Waals surface area contributed by atoms with Crippen LogP contribution in [0.25, 0.3) is 0 Å². The van der Waals surface area contributed by atoms with Crippen LogP contribution in [0.4, 0.5) is 37.7 Å². The molecule has 1 atom stereocenters. The average molecular weight is 689 g/mol. The third-order valence-electron chi connectivity index (χ3n) is 6.76. The molecule has 1 amide bonds. The smallest absolute Gasteiger partial charge is 0.417 e. The van der Waals surface area contributed by atoms with Gasteiger partial charge in [0.15, 0.2) is 0 Å². The van der Waals surface area contributed by atoms with Crippen LogP contribution in [0.5, 0.6) is 0 Å². The highest BCUT2D eigenvalue weighted by Gasteiger charge is 2.48. The number of nitro groups is 1. The normalized spacial score (nSPS) is 16.6. The third kappa shape index (κ3) is 7.39. The van der Waals surface area contributed by atoms with Gasteiger partial charge in [-0.05, 0) is 56.3 Å². The number of hydrogen-bond acceptors (Lipinski definition) is 8. The summed E-state index contributed by atoms with van der Waals surface area (Å²) in [6, 6.07) is 11.7. The first kappa shape index (κ1) is 34.6. The molecular formula is C29H23ClF6N4O5S. The van der Waals surface area contributed by atoms with E-state index < -0.39 is 57.3 Å². The lowest BCUT2D eigenvalue weighted by molar-refractivity contribution is -0.387. The molecule has 0 radical (unpaired) electrons. The summed E-state index contributed by atoms with van der Waals surface area (Å²) in [7, 11) is 0. The number of ether oxygens (including phenoxy) is 1. The molecule has 1 aliphatic rings. The van der Waals surface area contributed by atoms with E-state index in [-0.39, 0.29) is 40.7 Å². The molecule has 0 aromatic heterocycles. The van der Waals surface area contributed by atoms with Crippen LogP contribution in [0.2, 0.25) is 5.02 Å². The SMILES string of the molecule is CCOC(=O)C1(C)CN(CC(=O)N(Sc2ccccc2[N+](=O)[O-])c2ccc(C(F)(F)F)cc2)N=C1c1ccc(C(F)(F)F)c(Cl)c1. The van der Waals surface area contributed by atoms with E-state index in [4.69, 9.17) is 16.3 Å². The molecular weight excluding hydrogens is 666 g/mol. The summed E-state index contributed by atoms with van der Waals surface area (Å²) >= 11 is 6.51. The molecule has 0 bridgehead atoms. The lowest BCUT2D eigenvalue weighted by Gasteiger charge is -2.26. The first-order chi connectivity index (χ1) is 21.5. The van der Waals surface area contributed by atoms with Gasteiger partial charge in [0.05, 0.1) is 45.6 Å². The molecule has 3 aromatic rings. The van der Waals surface area contributed by atoms with E-state index in [1.165, 1.54) is 31.2 Å². The maximum atomic E-state index is 13.8. The van der Waals surface area contributed by atoms with E-state index >= 15 is 0 Å². The number of esters is 1. The molecule has 4 rings (SSSR count). The second kappa shape index (κ2) is 13.2. The fourth-order valence-corrected chi connectivity index (χ4v) is 5.82. The largest absolute Gasteiger partial charge is 0.465 e. The van der Waals surface area contributed by atoms with Crippen LogP contribution in [0, 0.1) is 15.5 Å². The zero-order valence-corrected chi connectivity index (χ0v) is 25.4. The molecule has 0 N–H and O–H groups in total. The Balaban J connectivity index is 1.73. The van der Waals surface area contributed by atoms with Gasteiger partial charge in [-0.2, -0.15) is 31.4 Å². The highest BCUT2D eigenvalue weighted by Crippen LogP contribution is 2.40. The van der Waals surface area contributed by atoms with Gasteiger partial charge in [0.25, 0.3) is 11.6 Å². The highest BCUT2D eigenvalue weighted by atomic mass is 35.5. The van der Waals surface area contributed by atoms with Crippen molar-refractivity contribution in [2.24, 2.45) is 10.5 Å². The Morgan fingerprint density at radius 1 is 1.07 bits per heavy atom. The summed E-state index contributed by atoms with van der Waals surface area (Å²) in [6.45, 7) is 2.06. The lowest BCUT2D eigenvalue weighted by atomic mass is 9.82. The number of halogens is 7. The number of nitrogens with zero attached hydrogens (tertiary/aromatic N) is 4. The molecule has 1 aliphatic heterocycles. The molecule has 3 aromatic carbocycles. The number of anilines is 1. The number of hydrazone groups is 1. The van der Waals surface area contributed by atoms with Crippen LogP contribution < -0.4 is 4.31 Å². The molecule has 1 heterocycles. The van der Waals surface area contributed by atoms with Crippen molar-refractivity contribution in [3.63, 3.8) is 0 Å². The van der Waals surface area contributed by atoms with E-state index in [0.29, 0.717) is 11.9 Å². The first-order valence-corrected chi connectivity index (χ1v) is 14.4. The van der Waals surface area contributed by atoms with Crippen molar-refractivity contribution in [2.45, 2.75) is 31.1 Å². The number of benzene rings is 3. The summed E-state index contributed by atoms with van der Waals surface area (Å²) in [5.74, 6) is -1.59. The Bertz CT molecular complexity index is 1690. The zero-order chi connectivity index (χ0) is 34.0. The molecule has 9 nitrogen and oxygen atoms in total. The molecule has 244 valence electrons. The van der Waals surface area contributed by atoms with Crippen molar-refractivity contribution >= 4 is 52.5 Å². The molecule has 1 unspecified atom stereocenters. The molecule has 0 spiro atoms. The molecule has 46 heavy (non-hydrogen) atoms. The van der Waals surface area contributed by atoms with Crippen molar-refractivity contribution in [3.05, 3.63) is 98.6 Å². The zero-order valence-electron chi connectivity index (χ0n) is 23.9. The predicted octanol–water partition coefficient (Wildman–Crippen LogP) is 7.62. The van der Waals surface area contributed by atoms with E-state index in [2.05, 4.69) is 5.10 Å². The Morgan fingerprint density at radius 3 is 2.28 bits per heavy atom. The van der Waals surface area contributed by atoms with Crippen molar-refractivity contribution < 1.29 is 45.6 Å². The van der Waals surface area contributed by atoms with Gasteiger partial charge in [0.1, 0.15) is 16.9 Å². The fourth-order valence-electron chi connectivity index (χ4n) is 4.58. The quantitative estimate of drug-likeness (QED) is 0.0749. The van der Waals surface area contributed by atoms with Crippen molar-refractivity contribution in [1.82, 2.24) is 5.01 Å². The minimum absolute atomic E-state index is 0.00196. The minimum Gasteiger partial charge on any atom is -0.465 e. The number of para-hydroxylation sites is 1. The monoisotopic (exact) mass is 688 g/mol. The first-order valence-electron chi connectivity index (χ1n) is 13.3. The van der Waals surface area contributed by atoms with E-state index in [1.54, 1.807) is 6.92 Å². The summed E-state index contributed by atoms with van der Waals surface area (Å²) in [4.78, 5) is 37.8. The van der Waals surface area contributed by atoms with E-state index in [1.807, 2.05) is 0 Å². The van der Waals surface area contributed by atoms with Crippen LogP contribution in [0.15, 0.2) is 76.7 Å². The molecule has 0 fully saturated rings. The van der Waals surface area contributed by atoms with Crippen LogP contribution in [0.1, 0.15) is 30.5 Å². The van der Waals surface area contributed by atoms with Gasteiger partial charge in [0.2, 0.25) is 0 Å². The van der Waals surface area contributed by atoms with Crippen LogP contribution >= 0.6 is 23.5 Å².